The summed E-state index contributed by atoms with van der Waals surface area (Å²) in [6.45, 7) is 0. The van der Waals surface area contributed by atoms with Gasteiger partial charge in [0, 0.05) is 34.9 Å². The second-order valence-electron chi connectivity index (χ2n) is 9.14. The summed E-state index contributed by atoms with van der Waals surface area (Å²) in [5, 5.41) is 11.3. The number of hydrogen-bond acceptors (Lipinski definition) is 7. The van der Waals surface area contributed by atoms with Gasteiger partial charge in [0.2, 0.25) is 0 Å². The molecule has 1 aliphatic carbocycles. The average Bonchev–Trinajstić information content (AvgIpc) is 3.35. The second-order valence-corrected chi connectivity index (χ2v) is 9.14. The van der Waals surface area contributed by atoms with Gasteiger partial charge < -0.3 is 9.64 Å². The van der Waals surface area contributed by atoms with E-state index in [2.05, 4.69) is 0 Å². The number of para-hydroxylation sites is 1. The minimum Gasteiger partial charge on any atom is -0.467 e. The highest BCUT2D eigenvalue weighted by Crippen LogP contribution is 2.60. The summed E-state index contributed by atoms with van der Waals surface area (Å²) in [6.07, 6.45) is 3.68. The number of nitro benzene ring substituents is 1. The molecule has 0 N–H and O–H groups in total. The largest absolute Gasteiger partial charge is 0.467 e. The van der Waals surface area contributed by atoms with Gasteiger partial charge in [-0.15, -0.1) is 0 Å². The maximum atomic E-state index is 14.3. The fourth-order valence-electron chi connectivity index (χ4n) is 6.19. The van der Waals surface area contributed by atoms with Crippen LogP contribution in [-0.4, -0.2) is 41.7 Å². The van der Waals surface area contributed by atoms with E-state index in [4.69, 9.17) is 4.74 Å². The van der Waals surface area contributed by atoms with Crippen LogP contribution in [-0.2, 0) is 9.53 Å². The highest BCUT2D eigenvalue weighted by atomic mass is 16.6. The Morgan fingerprint density at radius 2 is 1.56 bits per heavy atom. The van der Waals surface area contributed by atoms with Crippen molar-refractivity contribution < 1.29 is 24.0 Å². The van der Waals surface area contributed by atoms with Crippen LogP contribution in [0.15, 0.2) is 78.9 Å². The van der Waals surface area contributed by atoms with Crippen LogP contribution >= 0.6 is 0 Å². The lowest BCUT2D eigenvalue weighted by atomic mass is 9.65. The van der Waals surface area contributed by atoms with Crippen molar-refractivity contribution in [1.29, 1.82) is 0 Å². The molecular weight excluding hydrogens is 460 g/mol. The lowest BCUT2D eigenvalue weighted by Gasteiger charge is -2.36. The smallest absolute Gasteiger partial charge is 0.329 e. The molecule has 8 heteroatoms. The van der Waals surface area contributed by atoms with Crippen LogP contribution in [0.4, 0.5) is 11.4 Å². The van der Waals surface area contributed by atoms with E-state index in [1.807, 2.05) is 41.3 Å². The van der Waals surface area contributed by atoms with Crippen LogP contribution in [0.5, 0.6) is 0 Å². The molecule has 0 bridgehead atoms. The molecule has 3 aromatic rings. The molecule has 0 amide bonds. The number of anilines is 1. The van der Waals surface area contributed by atoms with Crippen LogP contribution in [0.25, 0.3) is 6.08 Å². The van der Waals surface area contributed by atoms with E-state index in [1.165, 1.54) is 31.4 Å². The number of carbonyl (C=O) groups excluding carboxylic acids is 3. The van der Waals surface area contributed by atoms with E-state index >= 15 is 0 Å². The molecule has 2 aliphatic heterocycles. The third-order valence-electron chi connectivity index (χ3n) is 7.62. The van der Waals surface area contributed by atoms with Crippen LogP contribution in [0.3, 0.4) is 0 Å². The Morgan fingerprint density at radius 1 is 0.944 bits per heavy atom. The lowest BCUT2D eigenvalue weighted by Crippen LogP contribution is -2.48. The third-order valence-corrected chi connectivity index (χ3v) is 7.62. The van der Waals surface area contributed by atoms with E-state index in [0.717, 1.165) is 5.56 Å². The van der Waals surface area contributed by atoms with E-state index in [0.29, 0.717) is 22.4 Å². The summed E-state index contributed by atoms with van der Waals surface area (Å²) >= 11 is 0. The van der Waals surface area contributed by atoms with Crippen molar-refractivity contribution in [3.8, 4) is 0 Å². The van der Waals surface area contributed by atoms with Crippen molar-refractivity contribution in [2.45, 2.75) is 18.0 Å². The number of Topliss-reactive ketones (excluding diaryl/α,β-unsaturated/α-hetero) is 2. The number of ketones is 2. The third kappa shape index (κ3) is 2.66. The van der Waals surface area contributed by atoms with Crippen molar-refractivity contribution in [3.63, 3.8) is 0 Å². The second kappa shape index (κ2) is 7.71. The molecule has 3 atom stereocenters. The number of hydrogen-bond donors (Lipinski definition) is 0. The SMILES string of the molecule is COC(=O)[C@H]1[C@H](c2ccc([N+](=O)[O-])cc2)C2(C(=O)c3ccccc3C2=O)C2C=Cc3ccccc3N21. The fourth-order valence-corrected chi connectivity index (χ4v) is 6.19. The number of methoxy groups -OCH3 is 1. The van der Waals surface area contributed by atoms with Crippen LogP contribution in [0.1, 0.15) is 37.8 Å². The maximum absolute atomic E-state index is 14.3. The summed E-state index contributed by atoms with van der Waals surface area (Å²) in [4.78, 5) is 54.6. The van der Waals surface area contributed by atoms with Gasteiger partial charge in [-0.2, -0.15) is 0 Å². The number of benzene rings is 3. The van der Waals surface area contributed by atoms with Gasteiger partial charge in [-0.3, -0.25) is 19.7 Å². The molecule has 1 fully saturated rings. The van der Waals surface area contributed by atoms with E-state index in [-0.39, 0.29) is 17.3 Å². The Hall–Kier alpha value is -4.59. The standard InChI is InChI=1S/C28H20N2O6/c1-36-27(33)24-23(17-10-13-18(14-11-17)30(34)35)28(25(31)19-7-3-4-8-20(19)26(28)32)22-15-12-16-6-2-5-9-21(16)29(22)24/h2-15,22-24H,1H3/t22?,23-,24+/m0/s1. The zero-order valence-electron chi connectivity index (χ0n) is 19.2. The lowest BCUT2D eigenvalue weighted by molar-refractivity contribution is -0.384. The summed E-state index contributed by atoms with van der Waals surface area (Å²) in [5.41, 5.74) is 0.877. The monoisotopic (exact) mass is 480 g/mol. The van der Waals surface area contributed by atoms with Gasteiger partial charge >= 0.3 is 5.97 Å². The van der Waals surface area contributed by atoms with Gasteiger partial charge in [0.25, 0.3) is 5.69 Å². The summed E-state index contributed by atoms with van der Waals surface area (Å²) in [6, 6.07) is 18.1. The first-order valence-electron chi connectivity index (χ1n) is 11.5. The number of non-ortho nitro benzene ring substituents is 1. The zero-order valence-corrected chi connectivity index (χ0v) is 19.2. The minimum atomic E-state index is -1.65. The normalized spacial score (nSPS) is 22.8. The fraction of sp³-hybridized carbons (Fsp3) is 0.179. The highest BCUT2D eigenvalue weighted by Gasteiger charge is 2.71. The van der Waals surface area contributed by atoms with E-state index in [1.54, 1.807) is 24.3 Å². The van der Waals surface area contributed by atoms with Gasteiger partial charge in [0.05, 0.1) is 18.1 Å². The van der Waals surface area contributed by atoms with Crippen LogP contribution in [0.2, 0.25) is 0 Å². The molecule has 3 aliphatic rings. The first-order chi connectivity index (χ1) is 17.4. The van der Waals surface area contributed by atoms with Crippen molar-refractivity contribution >= 4 is 35.0 Å². The molecule has 1 unspecified atom stereocenters. The minimum absolute atomic E-state index is 0.129. The molecule has 1 spiro atoms. The molecule has 1 saturated heterocycles. The quantitative estimate of drug-likeness (QED) is 0.239. The first kappa shape index (κ1) is 21.9. The number of esters is 1. The summed E-state index contributed by atoms with van der Waals surface area (Å²) < 4.78 is 5.23. The molecule has 36 heavy (non-hydrogen) atoms. The van der Waals surface area contributed by atoms with Crippen molar-refractivity contribution in [3.05, 3.63) is 111 Å². The predicted octanol–water partition coefficient (Wildman–Crippen LogP) is 4.20. The Balaban J connectivity index is 1.66. The number of nitrogens with zero attached hydrogens (tertiary/aromatic N) is 2. The molecule has 3 aromatic carbocycles. The van der Waals surface area contributed by atoms with Crippen molar-refractivity contribution in [2.24, 2.45) is 5.41 Å². The number of ether oxygens (including phenoxy) is 1. The van der Waals surface area contributed by atoms with Gasteiger partial charge in [0.1, 0.15) is 11.5 Å². The topological polar surface area (TPSA) is 107 Å². The van der Waals surface area contributed by atoms with Crippen LogP contribution in [0, 0.1) is 15.5 Å². The van der Waals surface area contributed by atoms with Crippen molar-refractivity contribution in [1.82, 2.24) is 0 Å². The van der Waals surface area contributed by atoms with Gasteiger partial charge in [-0.05, 0) is 17.2 Å². The van der Waals surface area contributed by atoms with Gasteiger partial charge in [-0.1, -0.05) is 66.7 Å². The molecule has 6 rings (SSSR count). The molecular formula is C28H20N2O6. The Labute approximate surface area is 205 Å². The number of carbonyl (C=O) groups is 3. The zero-order chi connectivity index (χ0) is 25.2. The molecule has 2 heterocycles. The molecule has 0 saturated carbocycles. The molecule has 0 radical (unpaired) electrons. The maximum Gasteiger partial charge on any atom is 0.329 e. The molecule has 8 nitrogen and oxygen atoms in total. The summed E-state index contributed by atoms with van der Waals surface area (Å²) in [7, 11) is 1.27. The number of nitro groups is 1. The Kier molecular flexibility index (Phi) is 4.69. The Bertz CT molecular complexity index is 1460. The highest BCUT2D eigenvalue weighted by molar-refractivity contribution is 6.32. The predicted molar refractivity (Wildman–Crippen MR) is 131 cm³/mol. The average molecular weight is 480 g/mol. The van der Waals surface area contributed by atoms with E-state index < -0.39 is 34.3 Å². The number of fused-ring (bicyclic) bond motifs is 5. The van der Waals surface area contributed by atoms with E-state index in [9.17, 15) is 24.5 Å². The van der Waals surface area contributed by atoms with Gasteiger partial charge in [0.15, 0.2) is 11.6 Å². The summed E-state index contributed by atoms with van der Waals surface area (Å²) in [5.74, 6) is -2.27. The number of rotatable bonds is 3. The molecule has 178 valence electrons. The van der Waals surface area contributed by atoms with Crippen LogP contribution < -0.4 is 4.90 Å². The first-order valence-corrected chi connectivity index (χ1v) is 11.5. The van der Waals surface area contributed by atoms with Crippen molar-refractivity contribution in [2.75, 3.05) is 12.0 Å². The molecule has 0 aromatic heterocycles. The van der Waals surface area contributed by atoms with Gasteiger partial charge in [-0.25, -0.2) is 4.79 Å². The Morgan fingerprint density at radius 3 is 2.17 bits per heavy atom.